The van der Waals surface area contributed by atoms with Gasteiger partial charge in [-0.2, -0.15) is 0 Å². The van der Waals surface area contributed by atoms with E-state index in [4.69, 9.17) is 0 Å². The molecule has 0 saturated carbocycles. The number of rotatable bonds is 14. The summed E-state index contributed by atoms with van der Waals surface area (Å²) in [6.07, 6.45) is 13.7. The fourth-order valence-corrected chi connectivity index (χ4v) is 25.6. The van der Waals surface area contributed by atoms with Gasteiger partial charge in [-0.05, 0) is 0 Å². The van der Waals surface area contributed by atoms with Gasteiger partial charge >= 0.3 is 131 Å². The molecule has 0 bridgehead atoms. The van der Waals surface area contributed by atoms with Crippen LogP contribution >= 0.6 is 0 Å². The summed E-state index contributed by atoms with van der Waals surface area (Å²) in [5, 5.41) is 0. The molecule has 0 aromatic carbocycles. The molecule has 0 aromatic heterocycles. The number of hydrogen-bond acceptors (Lipinski definition) is 0. The normalized spacial score (nSPS) is 13.9. The average Bonchev–Trinajstić information content (AvgIpc) is 2.48. The number of allylic oxidation sites excluding steroid dienone is 1. The van der Waals surface area contributed by atoms with Gasteiger partial charge in [-0.25, -0.2) is 0 Å². The van der Waals surface area contributed by atoms with Crippen LogP contribution in [0.5, 0.6) is 0 Å². The standard InChI is InChI=1S/4C4H9.C3H5.Sb/c4*1-3-4-2;1-3-2;/h4*1,3-4H2,2H3;3H,1-2H2;. The Labute approximate surface area is 130 Å². The zero-order chi connectivity index (χ0) is 15.3. The summed E-state index contributed by atoms with van der Waals surface area (Å²) < 4.78 is 7.92. The Kier molecular flexibility index (Phi) is 11.5. The minimum atomic E-state index is -2.47. The number of unbranched alkanes of at least 4 members (excludes halogenated alkanes) is 4. The molecule has 1 heteroatoms. The molecular weight excluding hydrogens is 350 g/mol. The predicted molar refractivity (Wildman–Crippen MR) is 99.6 cm³/mol. The van der Waals surface area contributed by atoms with E-state index in [9.17, 15) is 0 Å². The van der Waals surface area contributed by atoms with E-state index in [1.54, 1.807) is 17.5 Å². The van der Waals surface area contributed by atoms with Crippen molar-refractivity contribution >= 4 is 17.4 Å². The van der Waals surface area contributed by atoms with Gasteiger partial charge in [-0.3, -0.25) is 0 Å². The Morgan fingerprint density at radius 2 is 0.950 bits per heavy atom. The van der Waals surface area contributed by atoms with Crippen molar-refractivity contribution in [2.45, 2.75) is 101 Å². The first kappa shape index (κ1) is 20.6. The predicted octanol–water partition coefficient (Wildman–Crippen LogP) is 7.78. The quantitative estimate of drug-likeness (QED) is 0.210. The van der Waals surface area contributed by atoms with Crippen LogP contribution in [0.4, 0.5) is 0 Å². The van der Waals surface area contributed by atoms with Crippen LogP contribution in [0.2, 0.25) is 21.8 Å². The molecule has 0 fully saturated rings. The van der Waals surface area contributed by atoms with Crippen LogP contribution < -0.4 is 0 Å². The minimum absolute atomic E-state index is 1.38. The van der Waals surface area contributed by atoms with Crippen molar-refractivity contribution in [3.63, 3.8) is 0 Å². The fourth-order valence-electron chi connectivity index (χ4n) is 3.82. The summed E-state index contributed by atoms with van der Waals surface area (Å²) in [6.45, 7) is 13.7. The van der Waals surface area contributed by atoms with Crippen LogP contribution in [0.25, 0.3) is 0 Å². The summed E-state index contributed by atoms with van der Waals surface area (Å²) in [5.74, 6) is 0. The van der Waals surface area contributed by atoms with Crippen LogP contribution in [0, 0.1) is 0 Å². The third-order valence-corrected chi connectivity index (χ3v) is 27.0. The summed E-state index contributed by atoms with van der Waals surface area (Å²) >= 11 is -2.47. The van der Waals surface area contributed by atoms with Crippen molar-refractivity contribution in [1.29, 1.82) is 0 Å². The zero-order valence-corrected chi connectivity index (χ0v) is 17.5. The van der Waals surface area contributed by atoms with Crippen LogP contribution in [-0.4, -0.2) is 17.4 Å². The second-order valence-corrected chi connectivity index (χ2v) is 25.9. The molecule has 0 radical (unpaired) electrons. The van der Waals surface area contributed by atoms with Gasteiger partial charge in [-0.1, -0.05) is 0 Å². The van der Waals surface area contributed by atoms with Gasteiger partial charge in [0.1, 0.15) is 0 Å². The average molecular weight is 391 g/mol. The van der Waals surface area contributed by atoms with Crippen molar-refractivity contribution in [2.75, 3.05) is 0 Å². The molecule has 0 atom stereocenters. The van der Waals surface area contributed by atoms with Crippen molar-refractivity contribution < 1.29 is 0 Å². The second kappa shape index (κ2) is 11.2. The summed E-state index contributed by atoms with van der Waals surface area (Å²) in [7, 11) is 0. The van der Waals surface area contributed by atoms with Gasteiger partial charge in [-0.15, -0.1) is 0 Å². The summed E-state index contributed by atoms with van der Waals surface area (Å²) in [4.78, 5) is 0. The van der Waals surface area contributed by atoms with Crippen molar-refractivity contribution in [3.05, 3.63) is 12.7 Å². The Hall–Kier alpha value is 0.558. The molecule has 0 spiro atoms. The van der Waals surface area contributed by atoms with E-state index in [0.29, 0.717) is 0 Å². The first-order valence-corrected chi connectivity index (χ1v) is 18.3. The van der Waals surface area contributed by atoms with Crippen LogP contribution in [0.1, 0.15) is 79.1 Å². The molecule has 0 aromatic rings. The van der Waals surface area contributed by atoms with Gasteiger partial charge < -0.3 is 0 Å². The van der Waals surface area contributed by atoms with Gasteiger partial charge in [0.15, 0.2) is 0 Å². The van der Waals surface area contributed by atoms with Crippen LogP contribution in [-0.2, 0) is 0 Å². The van der Waals surface area contributed by atoms with E-state index < -0.39 is 17.4 Å². The van der Waals surface area contributed by atoms with Gasteiger partial charge in [0, 0.05) is 0 Å². The van der Waals surface area contributed by atoms with E-state index in [1.165, 1.54) is 55.7 Å². The molecule has 20 heavy (non-hydrogen) atoms. The van der Waals surface area contributed by atoms with Crippen LogP contribution in [0.3, 0.4) is 0 Å². The first-order valence-electron chi connectivity index (χ1n) is 9.23. The number of hydrogen-bond donors (Lipinski definition) is 0. The monoisotopic (exact) mass is 390 g/mol. The molecule has 0 N–H and O–H groups in total. The van der Waals surface area contributed by atoms with E-state index in [-0.39, 0.29) is 0 Å². The van der Waals surface area contributed by atoms with Crippen molar-refractivity contribution in [2.24, 2.45) is 0 Å². The van der Waals surface area contributed by atoms with Gasteiger partial charge in [0.05, 0.1) is 0 Å². The van der Waals surface area contributed by atoms with E-state index in [2.05, 4.69) is 40.3 Å². The topological polar surface area (TPSA) is 0 Å². The van der Waals surface area contributed by atoms with E-state index in [1.807, 2.05) is 0 Å². The molecule has 0 aliphatic rings. The molecule has 0 unspecified atom stereocenters. The molecular formula is C19H41Sb. The van der Waals surface area contributed by atoms with Gasteiger partial charge in [0.2, 0.25) is 0 Å². The zero-order valence-electron chi connectivity index (χ0n) is 14.9. The van der Waals surface area contributed by atoms with Crippen molar-refractivity contribution in [1.82, 2.24) is 0 Å². The van der Waals surface area contributed by atoms with Crippen LogP contribution in [0.15, 0.2) is 12.7 Å². The molecule has 0 saturated heterocycles. The molecule has 0 heterocycles. The fraction of sp³-hybridized carbons (Fsp3) is 0.895. The molecule has 122 valence electrons. The third-order valence-electron chi connectivity index (χ3n) is 5.22. The molecule has 0 aliphatic heterocycles. The Balaban J connectivity index is 5.31. The van der Waals surface area contributed by atoms with Crippen molar-refractivity contribution in [3.8, 4) is 0 Å². The molecule has 0 aliphatic carbocycles. The van der Waals surface area contributed by atoms with E-state index in [0.717, 1.165) is 0 Å². The Morgan fingerprint density at radius 3 is 1.15 bits per heavy atom. The maximum atomic E-state index is 4.17. The van der Waals surface area contributed by atoms with Gasteiger partial charge in [0.25, 0.3) is 0 Å². The summed E-state index contributed by atoms with van der Waals surface area (Å²) in [6, 6.07) is 0. The van der Waals surface area contributed by atoms with E-state index >= 15 is 0 Å². The summed E-state index contributed by atoms with van der Waals surface area (Å²) in [5.41, 5.74) is 0. The molecule has 0 amide bonds. The molecule has 0 rings (SSSR count). The SMILES string of the molecule is C=C[CH2][Sb]([CH2]CCC)([CH2]CCC)([CH2]CCC)[CH2]CCC. The third kappa shape index (κ3) is 6.55. The Bertz CT molecular complexity index is 201. The molecule has 0 nitrogen and oxygen atoms in total. The maximum absolute atomic E-state index is 4.17. The first-order chi connectivity index (χ1) is 9.62. The Morgan fingerprint density at radius 1 is 0.650 bits per heavy atom. The second-order valence-electron chi connectivity index (χ2n) is 7.02.